The second-order valence-corrected chi connectivity index (χ2v) is 6.13. The minimum absolute atomic E-state index is 0.212. The summed E-state index contributed by atoms with van der Waals surface area (Å²) < 4.78 is 0. The maximum atomic E-state index is 12.5. The molecule has 0 fully saturated rings. The molecule has 1 atom stereocenters. The van der Waals surface area contributed by atoms with E-state index in [-0.39, 0.29) is 21.9 Å². The SMILES string of the molecule is C[C@H](c1ccc(Cl)c(Cl)c1Cl)N1C(=O)c2ccccc2C1=O. The van der Waals surface area contributed by atoms with Gasteiger partial charge < -0.3 is 0 Å². The van der Waals surface area contributed by atoms with Gasteiger partial charge in [-0.05, 0) is 30.7 Å². The molecule has 0 N–H and O–H groups in total. The van der Waals surface area contributed by atoms with Crippen LogP contribution in [0.5, 0.6) is 0 Å². The Morgan fingerprint density at radius 3 is 1.95 bits per heavy atom. The van der Waals surface area contributed by atoms with Crippen molar-refractivity contribution in [3.05, 3.63) is 68.2 Å². The first kappa shape index (κ1) is 15.3. The maximum absolute atomic E-state index is 12.5. The van der Waals surface area contributed by atoms with E-state index in [0.29, 0.717) is 21.7 Å². The summed E-state index contributed by atoms with van der Waals surface area (Å²) in [5.74, 6) is -0.675. The van der Waals surface area contributed by atoms with Crippen LogP contribution in [0.15, 0.2) is 36.4 Å². The first-order chi connectivity index (χ1) is 10.4. The molecule has 3 rings (SSSR count). The minimum atomic E-state index is -0.547. The highest BCUT2D eigenvalue weighted by Crippen LogP contribution is 2.39. The van der Waals surface area contributed by atoms with Gasteiger partial charge in [0.2, 0.25) is 0 Å². The summed E-state index contributed by atoms with van der Waals surface area (Å²) in [4.78, 5) is 26.2. The van der Waals surface area contributed by atoms with E-state index in [0.717, 1.165) is 0 Å². The first-order valence-electron chi connectivity index (χ1n) is 6.53. The average Bonchev–Trinajstić information content (AvgIpc) is 2.77. The van der Waals surface area contributed by atoms with E-state index >= 15 is 0 Å². The smallest absolute Gasteiger partial charge is 0.262 e. The fraction of sp³-hybridized carbons (Fsp3) is 0.125. The zero-order valence-corrected chi connectivity index (χ0v) is 13.7. The number of hydrogen-bond donors (Lipinski definition) is 0. The van der Waals surface area contributed by atoms with E-state index < -0.39 is 6.04 Å². The molecule has 3 nitrogen and oxygen atoms in total. The van der Waals surface area contributed by atoms with E-state index in [4.69, 9.17) is 34.8 Å². The van der Waals surface area contributed by atoms with E-state index in [1.165, 1.54) is 4.90 Å². The maximum Gasteiger partial charge on any atom is 0.262 e. The standard InChI is InChI=1S/C16H10Cl3NO2/c1-8(9-6-7-12(17)14(19)13(9)18)20-15(21)10-4-2-3-5-11(10)16(20)22/h2-8H,1H3/t8-/m1/s1. The van der Waals surface area contributed by atoms with Crippen molar-refractivity contribution in [2.24, 2.45) is 0 Å². The third-order valence-corrected chi connectivity index (χ3v) is 5.04. The highest BCUT2D eigenvalue weighted by Gasteiger charge is 2.39. The monoisotopic (exact) mass is 353 g/mol. The predicted octanol–water partition coefficient (Wildman–Crippen LogP) is 5.00. The Morgan fingerprint density at radius 2 is 1.41 bits per heavy atom. The number of benzene rings is 2. The molecule has 0 saturated heterocycles. The number of carbonyl (C=O) groups is 2. The van der Waals surface area contributed by atoms with Gasteiger partial charge in [-0.1, -0.05) is 53.0 Å². The van der Waals surface area contributed by atoms with Crippen molar-refractivity contribution in [2.45, 2.75) is 13.0 Å². The van der Waals surface area contributed by atoms with E-state index in [1.54, 1.807) is 43.3 Å². The number of imide groups is 1. The van der Waals surface area contributed by atoms with Crippen LogP contribution in [0, 0.1) is 0 Å². The quantitative estimate of drug-likeness (QED) is 0.562. The van der Waals surface area contributed by atoms with Crippen LogP contribution in [0.2, 0.25) is 15.1 Å². The molecule has 0 radical (unpaired) electrons. The molecule has 0 aliphatic carbocycles. The third kappa shape index (κ3) is 2.21. The summed E-state index contributed by atoms with van der Waals surface area (Å²) >= 11 is 18.2. The van der Waals surface area contributed by atoms with Gasteiger partial charge in [0.05, 0.1) is 32.2 Å². The number of fused-ring (bicyclic) bond motifs is 1. The van der Waals surface area contributed by atoms with Gasteiger partial charge in [0.1, 0.15) is 0 Å². The van der Waals surface area contributed by atoms with Gasteiger partial charge in [-0.25, -0.2) is 0 Å². The van der Waals surface area contributed by atoms with Gasteiger partial charge in [-0.2, -0.15) is 0 Å². The van der Waals surface area contributed by atoms with Crippen molar-refractivity contribution in [1.29, 1.82) is 0 Å². The molecule has 0 aromatic heterocycles. The molecular formula is C16H10Cl3NO2. The number of halogens is 3. The van der Waals surface area contributed by atoms with Crippen LogP contribution in [-0.4, -0.2) is 16.7 Å². The largest absolute Gasteiger partial charge is 0.269 e. The lowest BCUT2D eigenvalue weighted by Gasteiger charge is -2.24. The van der Waals surface area contributed by atoms with Crippen LogP contribution in [0.1, 0.15) is 39.2 Å². The molecule has 0 spiro atoms. The summed E-state index contributed by atoms with van der Waals surface area (Å²) in [5, 5.41) is 0.785. The van der Waals surface area contributed by atoms with Gasteiger partial charge in [-0.3, -0.25) is 14.5 Å². The Balaban J connectivity index is 2.05. The Kier molecular flexibility index (Phi) is 3.89. The zero-order valence-electron chi connectivity index (χ0n) is 11.4. The van der Waals surface area contributed by atoms with Crippen molar-refractivity contribution >= 4 is 46.6 Å². The Bertz CT molecular complexity index is 769. The number of amides is 2. The van der Waals surface area contributed by atoms with Crippen LogP contribution in [0.3, 0.4) is 0 Å². The van der Waals surface area contributed by atoms with Crippen LogP contribution < -0.4 is 0 Å². The highest BCUT2D eigenvalue weighted by atomic mass is 35.5. The molecule has 2 amide bonds. The van der Waals surface area contributed by atoms with E-state index in [1.807, 2.05) is 0 Å². The minimum Gasteiger partial charge on any atom is -0.269 e. The van der Waals surface area contributed by atoms with Crippen molar-refractivity contribution < 1.29 is 9.59 Å². The lowest BCUT2D eigenvalue weighted by molar-refractivity contribution is 0.0595. The Labute approximate surface area is 142 Å². The van der Waals surface area contributed by atoms with Crippen molar-refractivity contribution in [3.8, 4) is 0 Å². The molecule has 1 aliphatic rings. The molecule has 22 heavy (non-hydrogen) atoms. The normalized spacial score (nSPS) is 15.2. The fourth-order valence-electron chi connectivity index (χ4n) is 2.56. The van der Waals surface area contributed by atoms with Crippen LogP contribution >= 0.6 is 34.8 Å². The van der Waals surface area contributed by atoms with Crippen LogP contribution in [0.4, 0.5) is 0 Å². The molecule has 2 aromatic carbocycles. The average molecular weight is 355 g/mol. The van der Waals surface area contributed by atoms with Gasteiger partial charge >= 0.3 is 0 Å². The molecule has 1 aliphatic heterocycles. The second-order valence-electron chi connectivity index (χ2n) is 4.97. The number of rotatable bonds is 2. The highest BCUT2D eigenvalue weighted by molar-refractivity contribution is 6.48. The van der Waals surface area contributed by atoms with Crippen molar-refractivity contribution in [2.75, 3.05) is 0 Å². The summed E-state index contributed by atoms with van der Waals surface area (Å²) in [6, 6.07) is 9.45. The Hall–Kier alpha value is -1.55. The molecule has 112 valence electrons. The van der Waals surface area contributed by atoms with E-state index in [2.05, 4.69) is 0 Å². The van der Waals surface area contributed by atoms with E-state index in [9.17, 15) is 9.59 Å². The summed E-state index contributed by atoms with van der Waals surface area (Å²) in [6.45, 7) is 1.73. The summed E-state index contributed by atoms with van der Waals surface area (Å²) in [5.41, 5.74) is 1.37. The molecule has 0 bridgehead atoms. The van der Waals surface area contributed by atoms with Gasteiger partial charge in [0.15, 0.2) is 0 Å². The van der Waals surface area contributed by atoms with Crippen LogP contribution in [-0.2, 0) is 0 Å². The number of carbonyl (C=O) groups excluding carboxylic acids is 2. The summed E-state index contributed by atoms with van der Waals surface area (Å²) in [6.07, 6.45) is 0. The molecular weight excluding hydrogens is 345 g/mol. The van der Waals surface area contributed by atoms with Crippen molar-refractivity contribution in [3.63, 3.8) is 0 Å². The molecule has 2 aromatic rings. The predicted molar refractivity (Wildman–Crippen MR) is 86.8 cm³/mol. The van der Waals surface area contributed by atoms with Gasteiger partial charge in [0.25, 0.3) is 11.8 Å². The lowest BCUT2D eigenvalue weighted by atomic mass is 10.1. The molecule has 1 heterocycles. The number of hydrogen-bond acceptors (Lipinski definition) is 2. The second kappa shape index (κ2) is 5.58. The van der Waals surface area contributed by atoms with Crippen molar-refractivity contribution in [1.82, 2.24) is 4.90 Å². The third-order valence-electron chi connectivity index (χ3n) is 3.73. The van der Waals surface area contributed by atoms with Gasteiger partial charge in [0, 0.05) is 0 Å². The van der Waals surface area contributed by atoms with Crippen LogP contribution in [0.25, 0.3) is 0 Å². The molecule has 0 unspecified atom stereocenters. The van der Waals surface area contributed by atoms with Gasteiger partial charge in [-0.15, -0.1) is 0 Å². The lowest BCUT2D eigenvalue weighted by Crippen LogP contribution is -2.32. The zero-order chi connectivity index (χ0) is 16.0. The molecule has 0 saturated carbocycles. The first-order valence-corrected chi connectivity index (χ1v) is 7.67. The fourth-order valence-corrected chi connectivity index (χ4v) is 3.26. The molecule has 6 heteroatoms. The topological polar surface area (TPSA) is 37.4 Å². The summed E-state index contributed by atoms with van der Waals surface area (Å²) in [7, 11) is 0. The number of nitrogens with zero attached hydrogens (tertiary/aromatic N) is 1. The Morgan fingerprint density at radius 1 is 0.864 bits per heavy atom.